The maximum atomic E-state index is 12.6. The third-order valence-corrected chi connectivity index (χ3v) is 5.10. The molecule has 1 saturated heterocycles. The maximum absolute atomic E-state index is 12.6. The summed E-state index contributed by atoms with van der Waals surface area (Å²) in [6, 6.07) is 7.40. The van der Waals surface area contributed by atoms with Crippen molar-refractivity contribution >= 4 is 11.8 Å². The summed E-state index contributed by atoms with van der Waals surface area (Å²) in [4.78, 5) is 32.7. The van der Waals surface area contributed by atoms with E-state index in [1.54, 1.807) is 37.8 Å². The van der Waals surface area contributed by atoms with E-state index in [-0.39, 0.29) is 11.8 Å². The lowest BCUT2D eigenvalue weighted by molar-refractivity contribution is -0.157. The standard InChI is InChI=1S/C20H26N4O4/c1-20(2)19(26)23(3)12-13-24(20)17(25)7-5-6-16-21-18(22-28-16)14-8-10-15(27-4)11-9-14/h8-11H,5-7,12-13H2,1-4H3. The molecule has 0 aliphatic carbocycles. The predicted molar refractivity (Wildman–Crippen MR) is 103 cm³/mol. The number of aromatic nitrogens is 2. The Morgan fingerprint density at radius 1 is 1.25 bits per heavy atom. The summed E-state index contributed by atoms with van der Waals surface area (Å²) in [5, 5.41) is 4.00. The molecular weight excluding hydrogens is 360 g/mol. The molecule has 1 aliphatic heterocycles. The van der Waals surface area contributed by atoms with Crippen molar-refractivity contribution in [3.05, 3.63) is 30.2 Å². The molecule has 1 aliphatic rings. The van der Waals surface area contributed by atoms with E-state index in [0.717, 1.165) is 11.3 Å². The number of rotatable bonds is 6. The molecule has 2 heterocycles. The molecule has 150 valence electrons. The highest BCUT2D eigenvalue weighted by molar-refractivity contribution is 5.91. The molecule has 0 N–H and O–H groups in total. The smallest absolute Gasteiger partial charge is 0.247 e. The average Bonchev–Trinajstić information content (AvgIpc) is 3.15. The van der Waals surface area contributed by atoms with E-state index in [1.807, 2.05) is 24.3 Å². The number of benzene rings is 1. The Morgan fingerprint density at radius 2 is 1.96 bits per heavy atom. The average molecular weight is 386 g/mol. The Balaban J connectivity index is 1.54. The molecule has 1 aromatic heterocycles. The van der Waals surface area contributed by atoms with Gasteiger partial charge in [0.15, 0.2) is 0 Å². The second-order valence-corrected chi connectivity index (χ2v) is 7.42. The highest BCUT2D eigenvalue weighted by atomic mass is 16.5. The first-order chi connectivity index (χ1) is 13.3. The van der Waals surface area contributed by atoms with Gasteiger partial charge in [0.25, 0.3) is 0 Å². The molecule has 0 saturated carbocycles. The van der Waals surface area contributed by atoms with Crippen LogP contribution < -0.4 is 4.74 Å². The fourth-order valence-corrected chi connectivity index (χ4v) is 3.39. The van der Waals surface area contributed by atoms with Crippen LogP contribution in [-0.4, -0.2) is 64.5 Å². The quantitative estimate of drug-likeness (QED) is 0.756. The highest BCUT2D eigenvalue weighted by Crippen LogP contribution is 2.23. The van der Waals surface area contributed by atoms with Crippen LogP contribution in [0, 0.1) is 0 Å². The zero-order valence-electron chi connectivity index (χ0n) is 16.8. The monoisotopic (exact) mass is 386 g/mol. The van der Waals surface area contributed by atoms with Crippen molar-refractivity contribution in [2.24, 2.45) is 0 Å². The Hall–Kier alpha value is -2.90. The Kier molecular flexibility index (Phi) is 5.67. The molecule has 0 unspecified atom stereocenters. The number of hydrogen-bond acceptors (Lipinski definition) is 6. The molecule has 2 aromatic rings. The number of nitrogens with zero attached hydrogens (tertiary/aromatic N) is 4. The van der Waals surface area contributed by atoms with Gasteiger partial charge < -0.3 is 19.1 Å². The van der Waals surface area contributed by atoms with Crippen molar-refractivity contribution in [2.75, 3.05) is 27.2 Å². The van der Waals surface area contributed by atoms with Gasteiger partial charge in [-0.05, 0) is 44.5 Å². The van der Waals surface area contributed by atoms with Gasteiger partial charge in [-0.2, -0.15) is 4.98 Å². The van der Waals surface area contributed by atoms with Crippen molar-refractivity contribution in [3.63, 3.8) is 0 Å². The van der Waals surface area contributed by atoms with Crippen LogP contribution in [0.15, 0.2) is 28.8 Å². The second kappa shape index (κ2) is 8.00. The van der Waals surface area contributed by atoms with Crippen molar-refractivity contribution in [3.8, 4) is 17.1 Å². The zero-order chi connectivity index (χ0) is 20.3. The Morgan fingerprint density at radius 3 is 2.64 bits per heavy atom. The molecule has 2 amide bonds. The minimum absolute atomic E-state index is 0.0265. The summed E-state index contributed by atoms with van der Waals surface area (Å²) < 4.78 is 10.4. The van der Waals surface area contributed by atoms with Gasteiger partial charge in [0, 0.05) is 38.5 Å². The van der Waals surface area contributed by atoms with E-state index in [2.05, 4.69) is 10.1 Å². The summed E-state index contributed by atoms with van der Waals surface area (Å²) in [6.07, 6.45) is 1.43. The molecule has 8 heteroatoms. The van der Waals surface area contributed by atoms with Crippen molar-refractivity contribution in [1.82, 2.24) is 19.9 Å². The molecule has 0 radical (unpaired) electrons. The molecule has 1 aromatic carbocycles. The number of piperazine rings is 1. The van der Waals surface area contributed by atoms with Crippen LogP contribution >= 0.6 is 0 Å². The predicted octanol–water partition coefficient (Wildman–Crippen LogP) is 2.15. The molecule has 0 atom stereocenters. The number of likely N-dealkylation sites (N-methyl/N-ethyl adjacent to an activating group) is 1. The zero-order valence-corrected chi connectivity index (χ0v) is 16.8. The van der Waals surface area contributed by atoms with Crippen LogP contribution in [0.4, 0.5) is 0 Å². The molecular formula is C20H26N4O4. The molecule has 8 nitrogen and oxygen atoms in total. The van der Waals surface area contributed by atoms with E-state index >= 15 is 0 Å². The summed E-state index contributed by atoms with van der Waals surface area (Å²) in [5.74, 6) is 1.70. The van der Waals surface area contributed by atoms with Gasteiger partial charge in [-0.1, -0.05) is 5.16 Å². The van der Waals surface area contributed by atoms with Crippen LogP contribution in [0.2, 0.25) is 0 Å². The topological polar surface area (TPSA) is 88.8 Å². The van der Waals surface area contributed by atoms with E-state index in [1.165, 1.54) is 0 Å². The first kappa shape index (κ1) is 19.9. The number of carbonyl (C=O) groups excluding carboxylic acids is 2. The van der Waals surface area contributed by atoms with E-state index < -0.39 is 5.54 Å². The van der Waals surface area contributed by atoms with Gasteiger partial charge in [-0.3, -0.25) is 9.59 Å². The van der Waals surface area contributed by atoms with Gasteiger partial charge in [-0.15, -0.1) is 0 Å². The minimum Gasteiger partial charge on any atom is -0.497 e. The third-order valence-electron chi connectivity index (χ3n) is 5.10. The van der Waals surface area contributed by atoms with Gasteiger partial charge in [0.1, 0.15) is 11.3 Å². The van der Waals surface area contributed by atoms with Crippen LogP contribution in [0.3, 0.4) is 0 Å². The number of aryl methyl sites for hydroxylation is 1. The molecule has 0 bridgehead atoms. The summed E-state index contributed by atoms with van der Waals surface area (Å²) in [5.41, 5.74) is 0.0282. The second-order valence-electron chi connectivity index (χ2n) is 7.42. The molecule has 28 heavy (non-hydrogen) atoms. The van der Waals surface area contributed by atoms with E-state index in [0.29, 0.717) is 44.1 Å². The fourth-order valence-electron chi connectivity index (χ4n) is 3.39. The summed E-state index contributed by atoms with van der Waals surface area (Å²) >= 11 is 0. The van der Waals surface area contributed by atoms with Crippen molar-refractivity contribution in [1.29, 1.82) is 0 Å². The lowest BCUT2D eigenvalue weighted by Crippen LogP contribution is -2.63. The molecule has 3 rings (SSSR count). The maximum Gasteiger partial charge on any atom is 0.247 e. The van der Waals surface area contributed by atoms with Crippen LogP contribution in [0.25, 0.3) is 11.4 Å². The summed E-state index contributed by atoms with van der Waals surface area (Å²) in [7, 11) is 3.38. The lowest BCUT2D eigenvalue weighted by atomic mass is 9.97. The van der Waals surface area contributed by atoms with Gasteiger partial charge in [0.2, 0.25) is 23.5 Å². The number of methoxy groups -OCH3 is 1. The number of carbonyl (C=O) groups is 2. The SMILES string of the molecule is COc1ccc(-c2noc(CCCC(=O)N3CCN(C)C(=O)C3(C)C)n2)cc1. The largest absolute Gasteiger partial charge is 0.497 e. The van der Waals surface area contributed by atoms with Crippen LogP contribution in [-0.2, 0) is 16.0 Å². The van der Waals surface area contributed by atoms with E-state index in [9.17, 15) is 9.59 Å². The third kappa shape index (κ3) is 4.00. The fraction of sp³-hybridized carbons (Fsp3) is 0.500. The first-order valence-corrected chi connectivity index (χ1v) is 9.36. The van der Waals surface area contributed by atoms with Gasteiger partial charge >= 0.3 is 0 Å². The van der Waals surface area contributed by atoms with E-state index in [4.69, 9.17) is 9.26 Å². The Bertz CT molecular complexity index is 844. The van der Waals surface area contributed by atoms with Crippen molar-refractivity contribution in [2.45, 2.75) is 38.6 Å². The number of ether oxygens (including phenoxy) is 1. The van der Waals surface area contributed by atoms with Crippen molar-refractivity contribution < 1.29 is 18.8 Å². The number of amides is 2. The van der Waals surface area contributed by atoms with Crippen LogP contribution in [0.1, 0.15) is 32.6 Å². The normalized spacial score (nSPS) is 16.4. The number of hydrogen-bond donors (Lipinski definition) is 0. The summed E-state index contributed by atoms with van der Waals surface area (Å²) in [6.45, 7) is 4.70. The minimum atomic E-state index is -0.809. The van der Waals surface area contributed by atoms with Gasteiger partial charge in [-0.25, -0.2) is 0 Å². The first-order valence-electron chi connectivity index (χ1n) is 9.36. The highest BCUT2D eigenvalue weighted by Gasteiger charge is 2.42. The molecule has 0 spiro atoms. The lowest BCUT2D eigenvalue weighted by Gasteiger charge is -2.44. The van der Waals surface area contributed by atoms with Crippen LogP contribution in [0.5, 0.6) is 5.75 Å². The molecule has 1 fully saturated rings. The van der Waals surface area contributed by atoms with Gasteiger partial charge in [0.05, 0.1) is 7.11 Å². The Labute approximate surface area is 164 Å².